The van der Waals surface area contributed by atoms with Crippen LogP contribution in [0.1, 0.15) is 46.0 Å². The molecule has 2 aromatic rings. The van der Waals surface area contributed by atoms with Crippen LogP contribution in [-0.4, -0.2) is 41.7 Å². The van der Waals surface area contributed by atoms with Crippen molar-refractivity contribution in [2.45, 2.75) is 45.1 Å². The van der Waals surface area contributed by atoms with Crippen molar-refractivity contribution in [3.8, 4) is 5.75 Å². The third-order valence-corrected chi connectivity index (χ3v) is 5.99. The lowest BCUT2D eigenvalue weighted by Gasteiger charge is -2.28. The first kappa shape index (κ1) is 20.8. The summed E-state index contributed by atoms with van der Waals surface area (Å²) in [5, 5.41) is 10.4. The second-order valence-electron chi connectivity index (χ2n) is 8.34. The van der Waals surface area contributed by atoms with Gasteiger partial charge in [0.25, 0.3) is 0 Å². The molecule has 1 atom stereocenters. The summed E-state index contributed by atoms with van der Waals surface area (Å²) < 4.78 is 5.65. The van der Waals surface area contributed by atoms with Gasteiger partial charge >= 0.3 is 7.12 Å². The number of rotatable bonds is 7. The largest absolute Gasteiger partial charge is 0.535 e. The summed E-state index contributed by atoms with van der Waals surface area (Å²) in [7, 11) is -1.09. The van der Waals surface area contributed by atoms with Crippen LogP contribution in [0.4, 0.5) is 0 Å². The summed E-state index contributed by atoms with van der Waals surface area (Å²) in [5.74, 6) is 0.101. The van der Waals surface area contributed by atoms with E-state index in [1.165, 1.54) is 18.1 Å². The second-order valence-corrected chi connectivity index (χ2v) is 8.34. The van der Waals surface area contributed by atoms with Gasteiger partial charge in [-0.3, -0.25) is 14.5 Å². The Kier molecular flexibility index (Phi) is 6.04. The molecular weight excluding hydrogens is 379 g/mol. The Hall–Kier alpha value is -2.48. The number of carbonyl (C=O) groups is 2. The molecule has 30 heavy (non-hydrogen) atoms. The lowest BCUT2D eigenvalue weighted by molar-refractivity contribution is -0.118. The number of hydrogen-bond donors (Lipinski definition) is 2. The summed E-state index contributed by atoms with van der Waals surface area (Å²) in [6.07, 6.45) is 1.09. The Morgan fingerprint density at radius 2 is 2.00 bits per heavy atom. The van der Waals surface area contributed by atoms with Gasteiger partial charge in [-0.05, 0) is 41.7 Å². The Balaban J connectivity index is 1.40. The van der Waals surface area contributed by atoms with E-state index in [0.717, 1.165) is 30.8 Å². The van der Waals surface area contributed by atoms with Crippen molar-refractivity contribution in [3.05, 3.63) is 64.2 Å². The van der Waals surface area contributed by atoms with Crippen LogP contribution in [-0.2, 0) is 30.7 Å². The fourth-order valence-corrected chi connectivity index (χ4v) is 4.50. The van der Waals surface area contributed by atoms with Gasteiger partial charge in [-0.25, -0.2) is 0 Å². The Labute approximate surface area is 177 Å². The number of Topliss-reactive ketones (excluding diaryl/α,β-unsaturated/α-hetero) is 2. The molecule has 3 N–H and O–H groups in total. The third-order valence-electron chi connectivity index (χ3n) is 5.99. The van der Waals surface area contributed by atoms with Gasteiger partial charge in [0.15, 0.2) is 5.78 Å². The summed E-state index contributed by atoms with van der Waals surface area (Å²) in [6.45, 7) is 4.78. The molecule has 0 fully saturated rings. The average molecular weight is 406 g/mol. The Morgan fingerprint density at radius 3 is 2.77 bits per heavy atom. The first-order valence-corrected chi connectivity index (χ1v) is 10.5. The molecule has 0 radical (unpaired) electrons. The van der Waals surface area contributed by atoms with Crippen LogP contribution in [0.2, 0.25) is 5.82 Å². The molecule has 2 heterocycles. The highest BCUT2D eigenvalue weighted by Crippen LogP contribution is 2.36. The molecule has 7 heteroatoms. The third kappa shape index (κ3) is 4.33. The molecule has 6 nitrogen and oxygen atoms in total. The van der Waals surface area contributed by atoms with E-state index in [0.29, 0.717) is 30.7 Å². The first-order valence-electron chi connectivity index (χ1n) is 10.5. The van der Waals surface area contributed by atoms with Crippen molar-refractivity contribution in [2.24, 2.45) is 5.73 Å². The summed E-state index contributed by atoms with van der Waals surface area (Å²) >= 11 is 0. The highest BCUT2D eigenvalue weighted by Gasteiger charge is 2.37. The van der Waals surface area contributed by atoms with Crippen molar-refractivity contribution in [1.29, 1.82) is 0 Å². The van der Waals surface area contributed by atoms with Crippen LogP contribution in [0.15, 0.2) is 36.4 Å². The van der Waals surface area contributed by atoms with Gasteiger partial charge in [0.2, 0.25) is 0 Å². The van der Waals surface area contributed by atoms with E-state index in [4.69, 9.17) is 10.4 Å². The molecule has 156 valence electrons. The standard InChI is InChI=1S/C23H27BN2O4/c1-15(27)22-4-2-3-17-11-20(24(29)30-23(17)22)12-21(28)10-16-5-6-18-13-26(8-7-25)14-19(18)9-16/h2-6,9,20,29H,7-8,10-14,25H2,1H3/t20-/m1/s1. The maximum atomic E-state index is 12.7. The van der Waals surface area contributed by atoms with Crippen molar-refractivity contribution in [1.82, 2.24) is 4.90 Å². The average Bonchev–Trinajstić information content (AvgIpc) is 3.10. The molecule has 2 aliphatic rings. The Morgan fingerprint density at radius 1 is 1.20 bits per heavy atom. The highest BCUT2D eigenvalue weighted by molar-refractivity contribution is 6.47. The molecule has 0 aromatic heterocycles. The molecule has 0 saturated heterocycles. The zero-order valence-electron chi connectivity index (χ0n) is 17.3. The second kappa shape index (κ2) is 8.72. The summed E-state index contributed by atoms with van der Waals surface area (Å²) in [5.41, 5.74) is 10.6. The molecule has 0 spiro atoms. The van der Waals surface area contributed by atoms with E-state index in [9.17, 15) is 14.6 Å². The first-order chi connectivity index (χ1) is 14.4. The number of benzene rings is 2. The van der Waals surface area contributed by atoms with Crippen LogP contribution in [0.5, 0.6) is 5.75 Å². The summed E-state index contributed by atoms with van der Waals surface area (Å²) in [4.78, 5) is 26.8. The van der Waals surface area contributed by atoms with Gasteiger partial charge in [-0.15, -0.1) is 0 Å². The predicted molar refractivity (Wildman–Crippen MR) is 115 cm³/mol. The normalized spacial score (nSPS) is 18.0. The SMILES string of the molecule is CC(=O)c1cccc2c1OB(O)[C@@H](CC(=O)Cc1ccc3c(c1)CN(CCN)C3)C2. The molecule has 0 amide bonds. The molecule has 0 saturated carbocycles. The molecule has 2 aliphatic heterocycles. The van der Waals surface area contributed by atoms with Crippen LogP contribution in [0.3, 0.4) is 0 Å². The number of carbonyl (C=O) groups excluding carboxylic acids is 2. The number of hydrogen-bond acceptors (Lipinski definition) is 6. The maximum absolute atomic E-state index is 12.7. The van der Waals surface area contributed by atoms with E-state index >= 15 is 0 Å². The van der Waals surface area contributed by atoms with Gasteiger partial charge in [-0.2, -0.15) is 0 Å². The molecule has 0 bridgehead atoms. The minimum absolute atomic E-state index is 0.0746. The number of ketones is 2. The zero-order valence-corrected chi connectivity index (χ0v) is 17.3. The number of nitrogens with zero attached hydrogens (tertiary/aromatic N) is 1. The quantitative estimate of drug-likeness (QED) is 0.541. The van der Waals surface area contributed by atoms with Gasteiger partial charge < -0.3 is 15.4 Å². The minimum Gasteiger partial charge on any atom is -0.535 e. The van der Waals surface area contributed by atoms with Crippen molar-refractivity contribution < 1.29 is 19.3 Å². The lowest BCUT2D eigenvalue weighted by Crippen LogP contribution is -2.36. The number of fused-ring (bicyclic) bond motifs is 2. The van der Waals surface area contributed by atoms with Crippen molar-refractivity contribution in [3.63, 3.8) is 0 Å². The van der Waals surface area contributed by atoms with Gasteiger partial charge in [0.1, 0.15) is 11.5 Å². The fraction of sp³-hybridized carbons (Fsp3) is 0.391. The molecule has 2 aromatic carbocycles. The predicted octanol–water partition coefficient (Wildman–Crippen LogP) is 2.15. The topological polar surface area (TPSA) is 92.9 Å². The van der Waals surface area contributed by atoms with Crippen molar-refractivity contribution >= 4 is 18.7 Å². The van der Waals surface area contributed by atoms with Crippen LogP contribution < -0.4 is 10.4 Å². The molecule has 0 aliphatic carbocycles. The van der Waals surface area contributed by atoms with E-state index < -0.39 is 7.12 Å². The number of nitrogens with two attached hydrogens (primary N) is 1. The van der Waals surface area contributed by atoms with Gasteiger partial charge in [0.05, 0.1) is 5.56 Å². The van der Waals surface area contributed by atoms with E-state index in [1.54, 1.807) is 6.07 Å². The smallest absolute Gasteiger partial charge is 0.526 e. The number of para-hydroxylation sites is 1. The van der Waals surface area contributed by atoms with Crippen LogP contribution in [0.25, 0.3) is 0 Å². The fourth-order valence-electron chi connectivity index (χ4n) is 4.50. The Bertz CT molecular complexity index is 978. The van der Waals surface area contributed by atoms with E-state index in [-0.39, 0.29) is 23.8 Å². The summed E-state index contributed by atoms with van der Waals surface area (Å²) in [6, 6.07) is 11.6. The van der Waals surface area contributed by atoms with Crippen LogP contribution >= 0.6 is 0 Å². The monoisotopic (exact) mass is 406 g/mol. The van der Waals surface area contributed by atoms with E-state index in [2.05, 4.69) is 17.0 Å². The lowest BCUT2D eigenvalue weighted by atomic mass is 9.64. The molecule has 4 rings (SSSR count). The zero-order chi connectivity index (χ0) is 21.3. The van der Waals surface area contributed by atoms with Crippen LogP contribution in [0, 0.1) is 0 Å². The van der Waals surface area contributed by atoms with E-state index in [1.807, 2.05) is 18.2 Å². The minimum atomic E-state index is -1.09. The van der Waals surface area contributed by atoms with Gasteiger partial charge in [0, 0.05) is 44.8 Å². The highest BCUT2D eigenvalue weighted by atomic mass is 16.5. The van der Waals surface area contributed by atoms with Gasteiger partial charge in [-0.1, -0.05) is 30.3 Å². The molecular formula is C23H27BN2O4. The molecule has 0 unspecified atom stereocenters. The van der Waals surface area contributed by atoms with Crippen molar-refractivity contribution in [2.75, 3.05) is 13.1 Å². The maximum Gasteiger partial charge on any atom is 0.526 e.